The molecule has 1 unspecified atom stereocenters. The fourth-order valence-electron chi connectivity index (χ4n) is 3.78. The molecule has 2 aliphatic rings. The van der Waals surface area contributed by atoms with Crippen molar-refractivity contribution >= 4 is 11.6 Å². The molecular weight excluding hydrogens is 344 g/mol. The van der Waals surface area contributed by atoms with Crippen LogP contribution >= 0.6 is 0 Å². The molecule has 1 amide bonds. The molecule has 0 bridgehead atoms. The largest absolute Gasteiger partial charge is 0.392 e. The maximum atomic E-state index is 13.0. The number of nitrogens with zero attached hydrogens (tertiary/aromatic N) is 1. The number of hydrogen-bond acceptors (Lipinski definition) is 5. The summed E-state index contributed by atoms with van der Waals surface area (Å²) in [5.41, 5.74) is 2.84. The lowest BCUT2D eigenvalue weighted by Gasteiger charge is -2.37. The summed E-state index contributed by atoms with van der Waals surface area (Å²) in [6.45, 7) is 4.58. The first-order valence-electron chi connectivity index (χ1n) is 9.78. The van der Waals surface area contributed by atoms with E-state index in [4.69, 9.17) is 14.3 Å². The number of nitrogens with one attached hydrogen (secondary N) is 1. The highest BCUT2D eigenvalue weighted by molar-refractivity contribution is 6.01. The molecule has 1 saturated heterocycles. The van der Waals surface area contributed by atoms with Gasteiger partial charge in [0.1, 0.15) is 6.10 Å². The summed E-state index contributed by atoms with van der Waals surface area (Å²) in [4.78, 5) is 18.7. The third kappa shape index (κ3) is 5.08. The quantitative estimate of drug-likeness (QED) is 0.711. The highest BCUT2D eigenvalue weighted by Crippen LogP contribution is 2.38. The van der Waals surface area contributed by atoms with Crippen LogP contribution in [0.5, 0.6) is 0 Å². The standard InChI is InChI=1S/C21H30N2O4/c1-16-4-6-17(7-5-16)19-14-18(27-23-19)15-21(8-12-26-13-9-21)20(24)22-10-3-11-25-2/h4-7,18H,3,8-15H2,1-2H3,(H,22,24). The lowest BCUT2D eigenvalue weighted by Crippen LogP contribution is -2.47. The fraction of sp³-hybridized carbons (Fsp3) is 0.619. The van der Waals surface area contributed by atoms with Crippen molar-refractivity contribution in [1.82, 2.24) is 5.32 Å². The van der Waals surface area contributed by atoms with E-state index < -0.39 is 5.41 Å². The number of aryl methyl sites for hydroxylation is 1. The van der Waals surface area contributed by atoms with Crippen molar-refractivity contribution < 1.29 is 19.1 Å². The van der Waals surface area contributed by atoms with Crippen molar-refractivity contribution in [2.24, 2.45) is 10.6 Å². The number of ether oxygens (including phenoxy) is 2. The Bertz CT molecular complexity index is 651. The van der Waals surface area contributed by atoms with Crippen LogP contribution in [-0.4, -0.2) is 51.2 Å². The van der Waals surface area contributed by atoms with Crippen molar-refractivity contribution in [2.45, 2.75) is 45.1 Å². The minimum atomic E-state index is -0.436. The summed E-state index contributed by atoms with van der Waals surface area (Å²) >= 11 is 0. The molecule has 6 nitrogen and oxygen atoms in total. The Morgan fingerprint density at radius 3 is 2.74 bits per heavy atom. The summed E-state index contributed by atoms with van der Waals surface area (Å²) in [5.74, 6) is 0.106. The Morgan fingerprint density at radius 1 is 1.30 bits per heavy atom. The van der Waals surface area contributed by atoms with Gasteiger partial charge in [0.05, 0.1) is 11.1 Å². The maximum Gasteiger partial charge on any atom is 0.226 e. The molecule has 148 valence electrons. The lowest BCUT2D eigenvalue weighted by atomic mass is 9.74. The van der Waals surface area contributed by atoms with Gasteiger partial charge in [0, 0.05) is 46.3 Å². The molecule has 0 spiro atoms. The van der Waals surface area contributed by atoms with Crippen LogP contribution in [0.15, 0.2) is 29.4 Å². The molecule has 27 heavy (non-hydrogen) atoms. The third-order valence-corrected chi connectivity index (χ3v) is 5.48. The number of carbonyl (C=O) groups excluding carboxylic acids is 1. The van der Waals surface area contributed by atoms with Gasteiger partial charge in [-0.05, 0) is 31.7 Å². The summed E-state index contributed by atoms with van der Waals surface area (Å²) in [5, 5.41) is 7.38. The van der Waals surface area contributed by atoms with Gasteiger partial charge >= 0.3 is 0 Å². The minimum Gasteiger partial charge on any atom is -0.392 e. The molecule has 0 aliphatic carbocycles. The molecule has 1 fully saturated rings. The second-order valence-electron chi connectivity index (χ2n) is 7.53. The topological polar surface area (TPSA) is 69.2 Å². The van der Waals surface area contributed by atoms with Crippen LogP contribution in [0.25, 0.3) is 0 Å². The number of oxime groups is 1. The number of rotatable bonds is 8. The molecule has 2 heterocycles. The maximum absolute atomic E-state index is 13.0. The second-order valence-corrected chi connectivity index (χ2v) is 7.53. The molecule has 0 radical (unpaired) electrons. The zero-order valence-corrected chi connectivity index (χ0v) is 16.3. The predicted molar refractivity (Wildman–Crippen MR) is 104 cm³/mol. The molecule has 0 aromatic heterocycles. The predicted octanol–water partition coefficient (Wildman–Crippen LogP) is 2.83. The van der Waals surface area contributed by atoms with Crippen molar-refractivity contribution in [3.8, 4) is 0 Å². The monoisotopic (exact) mass is 374 g/mol. The van der Waals surface area contributed by atoms with Crippen molar-refractivity contribution in [2.75, 3.05) is 33.5 Å². The molecule has 1 atom stereocenters. The first-order chi connectivity index (χ1) is 13.1. The van der Waals surface area contributed by atoms with E-state index in [9.17, 15) is 4.79 Å². The Labute approximate surface area is 161 Å². The number of amides is 1. The van der Waals surface area contributed by atoms with Gasteiger partial charge in [-0.2, -0.15) is 0 Å². The molecule has 1 aromatic rings. The van der Waals surface area contributed by atoms with Crippen LogP contribution in [0, 0.1) is 12.3 Å². The lowest BCUT2D eigenvalue weighted by molar-refractivity contribution is -0.140. The van der Waals surface area contributed by atoms with Gasteiger partial charge in [-0.3, -0.25) is 4.79 Å². The first-order valence-corrected chi connectivity index (χ1v) is 9.78. The molecule has 1 N–H and O–H groups in total. The zero-order chi connectivity index (χ0) is 19.1. The average Bonchev–Trinajstić information content (AvgIpc) is 3.14. The van der Waals surface area contributed by atoms with Crippen molar-refractivity contribution in [1.29, 1.82) is 0 Å². The summed E-state index contributed by atoms with van der Waals surface area (Å²) in [6.07, 6.45) is 3.61. The Kier molecular flexibility index (Phi) is 6.85. The van der Waals surface area contributed by atoms with Gasteiger partial charge in [0.15, 0.2) is 0 Å². The summed E-state index contributed by atoms with van der Waals surface area (Å²) in [7, 11) is 1.67. The van der Waals surface area contributed by atoms with Gasteiger partial charge < -0.3 is 19.6 Å². The number of hydrogen-bond donors (Lipinski definition) is 1. The van der Waals surface area contributed by atoms with Gasteiger partial charge in [-0.25, -0.2) is 0 Å². The third-order valence-electron chi connectivity index (χ3n) is 5.48. The number of carbonyl (C=O) groups is 1. The van der Waals surface area contributed by atoms with Gasteiger partial charge in [0.25, 0.3) is 0 Å². The average molecular weight is 374 g/mol. The van der Waals surface area contributed by atoms with Crippen LogP contribution in [0.2, 0.25) is 0 Å². The Morgan fingerprint density at radius 2 is 2.04 bits per heavy atom. The highest BCUT2D eigenvalue weighted by atomic mass is 16.6. The van der Waals surface area contributed by atoms with E-state index in [0.717, 1.165) is 37.0 Å². The smallest absolute Gasteiger partial charge is 0.226 e. The zero-order valence-electron chi connectivity index (χ0n) is 16.3. The summed E-state index contributed by atoms with van der Waals surface area (Å²) in [6, 6.07) is 8.32. The van der Waals surface area contributed by atoms with Crippen molar-refractivity contribution in [3.63, 3.8) is 0 Å². The summed E-state index contributed by atoms with van der Waals surface area (Å²) < 4.78 is 10.6. The number of methoxy groups -OCH3 is 1. The van der Waals surface area contributed by atoms with E-state index >= 15 is 0 Å². The van der Waals surface area contributed by atoms with Gasteiger partial charge in [0.2, 0.25) is 5.91 Å². The van der Waals surface area contributed by atoms with E-state index in [1.165, 1.54) is 5.56 Å². The molecule has 6 heteroatoms. The molecular formula is C21H30N2O4. The van der Waals surface area contributed by atoms with Crippen LogP contribution in [0.4, 0.5) is 0 Å². The van der Waals surface area contributed by atoms with E-state index in [1.54, 1.807) is 7.11 Å². The molecule has 2 aliphatic heterocycles. The van der Waals surface area contributed by atoms with Crippen LogP contribution in [0.1, 0.15) is 43.2 Å². The van der Waals surface area contributed by atoms with Crippen LogP contribution < -0.4 is 5.32 Å². The van der Waals surface area contributed by atoms with Gasteiger partial charge in [-0.1, -0.05) is 35.0 Å². The second kappa shape index (κ2) is 9.33. The highest BCUT2D eigenvalue weighted by Gasteiger charge is 2.43. The SMILES string of the molecule is COCCCNC(=O)C1(CC2CC(c3ccc(C)cc3)=NO2)CCOCC1. The van der Waals surface area contributed by atoms with Crippen LogP contribution in [-0.2, 0) is 19.1 Å². The van der Waals surface area contributed by atoms with Crippen molar-refractivity contribution in [3.05, 3.63) is 35.4 Å². The number of benzene rings is 1. The Balaban J connectivity index is 1.60. The fourth-order valence-corrected chi connectivity index (χ4v) is 3.78. The molecule has 0 saturated carbocycles. The minimum absolute atomic E-state index is 0.0656. The van der Waals surface area contributed by atoms with Gasteiger partial charge in [-0.15, -0.1) is 0 Å². The van der Waals surface area contributed by atoms with Crippen LogP contribution in [0.3, 0.4) is 0 Å². The molecule has 1 aromatic carbocycles. The van der Waals surface area contributed by atoms with E-state index in [-0.39, 0.29) is 12.0 Å². The van der Waals surface area contributed by atoms with E-state index in [1.807, 2.05) is 0 Å². The Hall–Kier alpha value is -1.92. The molecule has 3 rings (SSSR count). The van der Waals surface area contributed by atoms with E-state index in [2.05, 4.69) is 41.7 Å². The van der Waals surface area contributed by atoms with E-state index in [0.29, 0.717) is 32.8 Å². The first kappa shape index (κ1) is 19.8. The normalized spacial score (nSPS) is 21.4.